The van der Waals surface area contributed by atoms with Gasteiger partial charge in [0.15, 0.2) is 0 Å². The number of hydrogen-bond acceptors (Lipinski definition) is 6. The number of allylic oxidation sites excluding steroid dienone is 2. The standard InChI is InChI=1S/C26H35N3O4S/c1-19-15-29(20(2)18-30)34(31,32)26-9-8-23(22-6-4-5-7-22)14-24(26)33-25(19)17-28(3)16-21-10-12-27-13-11-21/h6,8-14,19-20,25,30H,4-5,7,15-18H2,1-3H3/t19-,20+,25-/m0/s1. The van der Waals surface area contributed by atoms with E-state index in [0.29, 0.717) is 12.3 Å². The number of pyridine rings is 1. The lowest BCUT2D eigenvalue weighted by atomic mass is 10.0. The van der Waals surface area contributed by atoms with Crippen LogP contribution in [0.3, 0.4) is 0 Å². The molecule has 1 aromatic carbocycles. The Balaban J connectivity index is 1.69. The molecule has 1 aliphatic carbocycles. The lowest BCUT2D eigenvalue weighted by Gasteiger charge is -2.37. The highest BCUT2D eigenvalue weighted by Crippen LogP contribution is 2.37. The third-order valence-corrected chi connectivity index (χ3v) is 8.79. The zero-order valence-corrected chi connectivity index (χ0v) is 21.0. The Labute approximate surface area is 203 Å². The quantitative estimate of drug-likeness (QED) is 0.646. The van der Waals surface area contributed by atoms with E-state index in [1.165, 1.54) is 9.88 Å². The van der Waals surface area contributed by atoms with Gasteiger partial charge in [0.2, 0.25) is 10.0 Å². The van der Waals surface area contributed by atoms with Crippen LogP contribution < -0.4 is 4.74 Å². The van der Waals surface area contributed by atoms with Gasteiger partial charge in [-0.1, -0.05) is 19.1 Å². The molecule has 2 aromatic rings. The second-order valence-corrected chi connectivity index (χ2v) is 11.4. The van der Waals surface area contributed by atoms with E-state index in [1.54, 1.807) is 25.4 Å². The van der Waals surface area contributed by atoms with E-state index >= 15 is 0 Å². The van der Waals surface area contributed by atoms with Gasteiger partial charge in [0.1, 0.15) is 16.7 Å². The van der Waals surface area contributed by atoms with Crippen molar-refractivity contribution < 1.29 is 18.3 Å². The van der Waals surface area contributed by atoms with Crippen LogP contribution in [0, 0.1) is 5.92 Å². The first-order valence-electron chi connectivity index (χ1n) is 12.0. The fourth-order valence-electron chi connectivity index (χ4n) is 4.75. The molecule has 1 N–H and O–H groups in total. The number of aliphatic hydroxyl groups is 1. The van der Waals surface area contributed by atoms with Gasteiger partial charge >= 0.3 is 0 Å². The molecule has 1 aromatic heterocycles. The third-order valence-electron chi connectivity index (χ3n) is 6.77. The van der Waals surface area contributed by atoms with Gasteiger partial charge in [-0.3, -0.25) is 9.88 Å². The average molecular weight is 486 g/mol. The maximum absolute atomic E-state index is 13.6. The molecular formula is C26H35N3O4S. The van der Waals surface area contributed by atoms with E-state index in [9.17, 15) is 13.5 Å². The molecule has 0 saturated carbocycles. The Hall–Kier alpha value is -2.26. The van der Waals surface area contributed by atoms with Crippen LogP contribution in [-0.2, 0) is 16.6 Å². The minimum Gasteiger partial charge on any atom is -0.487 e. The van der Waals surface area contributed by atoms with Gasteiger partial charge in [0, 0.05) is 44.0 Å². The van der Waals surface area contributed by atoms with Crippen LogP contribution in [0.2, 0.25) is 0 Å². The van der Waals surface area contributed by atoms with Crippen molar-refractivity contribution in [2.45, 2.75) is 56.7 Å². The van der Waals surface area contributed by atoms with Gasteiger partial charge in [0.25, 0.3) is 0 Å². The van der Waals surface area contributed by atoms with Crippen molar-refractivity contribution in [3.05, 3.63) is 59.9 Å². The number of nitrogens with zero attached hydrogens (tertiary/aromatic N) is 3. The molecule has 7 nitrogen and oxygen atoms in total. The molecule has 0 radical (unpaired) electrons. The van der Waals surface area contributed by atoms with E-state index in [2.05, 4.69) is 16.0 Å². The molecule has 2 aliphatic rings. The molecule has 4 rings (SSSR count). The second kappa shape index (κ2) is 10.6. The highest BCUT2D eigenvalue weighted by molar-refractivity contribution is 7.89. The third kappa shape index (κ3) is 5.35. The summed E-state index contributed by atoms with van der Waals surface area (Å²) in [5.74, 6) is 0.320. The van der Waals surface area contributed by atoms with Crippen LogP contribution >= 0.6 is 0 Å². The highest BCUT2D eigenvalue weighted by atomic mass is 32.2. The van der Waals surface area contributed by atoms with Crippen molar-refractivity contribution in [2.75, 3.05) is 26.7 Å². The van der Waals surface area contributed by atoms with Crippen molar-refractivity contribution in [3.8, 4) is 5.75 Å². The van der Waals surface area contributed by atoms with Gasteiger partial charge in [-0.15, -0.1) is 0 Å². The van der Waals surface area contributed by atoms with E-state index in [4.69, 9.17) is 4.74 Å². The molecular weight excluding hydrogens is 450 g/mol. The van der Waals surface area contributed by atoms with Crippen molar-refractivity contribution in [1.29, 1.82) is 0 Å². The molecule has 184 valence electrons. The fourth-order valence-corrected chi connectivity index (χ4v) is 6.57. The molecule has 0 bridgehead atoms. The second-order valence-electron chi connectivity index (χ2n) is 9.58. The molecule has 34 heavy (non-hydrogen) atoms. The minimum absolute atomic E-state index is 0.0776. The molecule has 3 atom stereocenters. The fraction of sp³-hybridized carbons (Fsp3) is 0.500. The summed E-state index contributed by atoms with van der Waals surface area (Å²) >= 11 is 0. The molecule has 0 spiro atoms. The largest absolute Gasteiger partial charge is 0.487 e. The van der Waals surface area contributed by atoms with Gasteiger partial charge < -0.3 is 9.84 Å². The summed E-state index contributed by atoms with van der Waals surface area (Å²) in [5, 5.41) is 9.82. The molecule has 1 aliphatic heterocycles. The highest BCUT2D eigenvalue weighted by Gasteiger charge is 2.38. The number of likely N-dealkylation sites (N-methyl/N-ethyl adjacent to an activating group) is 1. The maximum atomic E-state index is 13.6. The lowest BCUT2D eigenvalue weighted by Crippen LogP contribution is -2.49. The van der Waals surface area contributed by atoms with Crippen LogP contribution in [0.4, 0.5) is 0 Å². The Bertz CT molecular complexity index is 1120. The zero-order chi connectivity index (χ0) is 24.3. The number of aliphatic hydroxyl groups excluding tert-OH is 1. The smallest absolute Gasteiger partial charge is 0.247 e. The first-order chi connectivity index (χ1) is 16.3. The molecule has 8 heteroatoms. The first kappa shape index (κ1) is 24.9. The van der Waals surface area contributed by atoms with E-state index in [-0.39, 0.29) is 30.1 Å². The maximum Gasteiger partial charge on any atom is 0.247 e. The number of aromatic nitrogens is 1. The number of hydrogen-bond donors (Lipinski definition) is 1. The van der Waals surface area contributed by atoms with Crippen LogP contribution in [0.5, 0.6) is 5.75 Å². The number of benzene rings is 1. The van der Waals surface area contributed by atoms with Gasteiger partial charge in [-0.25, -0.2) is 8.42 Å². The Morgan fingerprint density at radius 2 is 2.03 bits per heavy atom. The van der Waals surface area contributed by atoms with Crippen molar-refractivity contribution in [1.82, 2.24) is 14.2 Å². The van der Waals surface area contributed by atoms with Crippen LogP contribution in [0.25, 0.3) is 5.57 Å². The summed E-state index contributed by atoms with van der Waals surface area (Å²) in [7, 11) is -1.78. The normalized spacial score (nSPS) is 23.5. The molecule has 0 fully saturated rings. The van der Waals surface area contributed by atoms with Crippen LogP contribution in [0.1, 0.15) is 44.2 Å². The summed E-state index contributed by atoms with van der Waals surface area (Å²) in [6.07, 6.45) is 8.73. The Morgan fingerprint density at radius 1 is 1.26 bits per heavy atom. The number of rotatable bonds is 7. The zero-order valence-electron chi connectivity index (χ0n) is 20.2. The molecule has 0 amide bonds. The summed E-state index contributed by atoms with van der Waals surface area (Å²) in [4.78, 5) is 6.45. The summed E-state index contributed by atoms with van der Waals surface area (Å²) < 4.78 is 35.2. The monoisotopic (exact) mass is 485 g/mol. The number of ether oxygens (including phenoxy) is 1. The van der Waals surface area contributed by atoms with Crippen LogP contribution in [-0.4, -0.2) is 66.6 Å². The first-order valence-corrected chi connectivity index (χ1v) is 13.4. The molecule has 0 unspecified atom stereocenters. The van der Waals surface area contributed by atoms with E-state index in [1.807, 2.05) is 38.2 Å². The number of fused-ring (bicyclic) bond motifs is 1. The predicted molar refractivity (Wildman–Crippen MR) is 133 cm³/mol. The lowest BCUT2D eigenvalue weighted by molar-refractivity contribution is 0.0733. The molecule has 0 saturated heterocycles. The van der Waals surface area contributed by atoms with Gasteiger partial charge in [-0.2, -0.15) is 4.31 Å². The van der Waals surface area contributed by atoms with E-state index < -0.39 is 16.1 Å². The van der Waals surface area contributed by atoms with E-state index in [0.717, 1.165) is 36.9 Å². The summed E-state index contributed by atoms with van der Waals surface area (Å²) in [6.45, 7) is 5.19. The van der Waals surface area contributed by atoms with Gasteiger partial charge in [0.05, 0.1) is 6.61 Å². The van der Waals surface area contributed by atoms with Crippen molar-refractivity contribution in [2.24, 2.45) is 5.92 Å². The molecule has 2 heterocycles. The Kier molecular flexibility index (Phi) is 7.72. The number of sulfonamides is 1. The van der Waals surface area contributed by atoms with Gasteiger partial charge in [-0.05, 0) is 74.2 Å². The Morgan fingerprint density at radius 3 is 2.71 bits per heavy atom. The predicted octanol–water partition coefficient (Wildman–Crippen LogP) is 3.55. The van der Waals surface area contributed by atoms with Crippen LogP contribution in [0.15, 0.2) is 53.7 Å². The summed E-state index contributed by atoms with van der Waals surface area (Å²) in [6, 6.07) is 8.91. The van der Waals surface area contributed by atoms with Crippen molar-refractivity contribution >= 4 is 15.6 Å². The summed E-state index contributed by atoms with van der Waals surface area (Å²) in [5.41, 5.74) is 3.42. The topological polar surface area (TPSA) is 83.0 Å². The van der Waals surface area contributed by atoms with Crippen molar-refractivity contribution in [3.63, 3.8) is 0 Å². The SMILES string of the molecule is C[C@H](CO)N1C[C@H](C)[C@H](CN(C)Cc2ccncc2)Oc2cc(C3=CCCC3)ccc2S1(=O)=O. The average Bonchev–Trinajstić information content (AvgIpc) is 3.36. The minimum atomic E-state index is -3.82.